The van der Waals surface area contributed by atoms with E-state index in [9.17, 15) is 4.79 Å². The van der Waals surface area contributed by atoms with E-state index in [1.54, 1.807) is 0 Å². The fraction of sp³-hybridized carbons (Fsp3) is 0.500. The standard InChI is InChI=1S/C14H20ClNO2/c1-2-12(8-9-15)10-16-14(17)11-18-13-6-4-3-5-7-13/h3-7,12H,2,8-11H2,1H3,(H,16,17). The van der Waals surface area contributed by atoms with Crippen molar-refractivity contribution in [2.75, 3.05) is 19.0 Å². The molecule has 18 heavy (non-hydrogen) atoms. The Morgan fingerprint density at radius 1 is 1.39 bits per heavy atom. The van der Waals surface area contributed by atoms with Crippen LogP contribution in [0.1, 0.15) is 19.8 Å². The summed E-state index contributed by atoms with van der Waals surface area (Å²) in [5, 5.41) is 2.87. The highest BCUT2D eigenvalue weighted by Gasteiger charge is 2.08. The molecule has 1 N–H and O–H groups in total. The maximum Gasteiger partial charge on any atom is 0.257 e. The third-order valence-corrected chi connectivity index (χ3v) is 3.01. The van der Waals surface area contributed by atoms with Gasteiger partial charge in [0.1, 0.15) is 5.75 Å². The molecule has 1 aromatic carbocycles. The van der Waals surface area contributed by atoms with Gasteiger partial charge >= 0.3 is 0 Å². The molecule has 1 unspecified atom stereocenters. The Morgan fingerprint density at radius 3 is 2.72 bits per heavy atom. The summed E-state index contributed by atoms with van der Waals surface area (Å²) < 4.78 is 5.36. The van der Waals surface area contributed by atoms with Crippen molar-refractivity contribution < 1.29 is 9.53 Å². The number of nitrogens with one attached hydrogen (secondary N) is 1. The van der Waals surface area contributed by atoms with Crippen molar-refractivity contribution in [1.82, 2.24) is 5.32 Å². The van der Waals surface area contributed by atoms with Crippen molar-refractivity contribution in [1.29, 1.82) is 0 Å². The van der Waals surface area contributed by atoms with Crippen LogP contribution >= 0.6 is 11.6 Å². The molecule has 4 heteroatoms. The van der Waals surface area contributed by atoms with Crippen LogP contribution in [0.5, 0.6) is 5.75 Å². The Bertz CT molecular complexity index is 343. The number of benzene rings is 1. The molecule has 1 atom stereocenters. The average molecular weight is 270 g/mol. The summed E-state index contributed by atoms with van der Waals surface area (Å²) in [6, 6.07) is 9.32. The highest BCUT2D eigenvalue weighted by atomic mass is 35.5. The number of carbonyl (C=O) groups excluding carboxylic acids is 1. The van der Waals surface area contributed by atoms with Gasteiger partial charge in [-0.25, -0.2) is 0 Å². The highest BCUT2D eigenvalue weighted by molar-refractivity contribution is 6.17. The molecule has 1 aromatic rings. The van der Waals surface area contributed by atoms with Crippen LogP contribution in [-0.4, -0.2) is 24.9 Å². The summed E-state index contributed by atoms with van der Waals surface area (Å²) in [4.78, 5) is 11.6. The molecular formula is C14H20ClNO2. The van der Waals surface area contributed by atoms with Crippen molar-refractivity contribution in [3.05, 3.63) is 30.3 Å². The zero-order valence-corrected chi connectivity index (χ0v) is 11.5. The smallest absolute Gasteiger partial charge is 0.257 e. The first-order valence-corrected chi connectivity index (χ1v) is 6.80. The van der Waals surface area contributed by atoms with Crippen LogP contribution in [0.15, 0.2) is 30.3 Å². The number of rotatable bonds is 8. The summed E-state index contributed by atoms with van der Waals surface area (Å²) >= 11 is 5.69. The maximum atomic E-state index is 11.6. The van der Waals surface area contributed by atoms with E-state index >= 15 is 0 Å². The van der Waals surface area contributed by atoms with Crippen molar-refractivity contribution in [3.8, 4) is 5.75 Å². The van der Waals surface area contributed by atoms with Crippen molar-refractivity contribution >= 4 is 17.5 Å². The first-order chi connectivity index (χ1) is 8.76. The zero-order valence-electron chi connectivity index (χ0n) is 10.7. The second kappa shape index (κ2) is 8.81. The Morgan fingerprint density at radius 2 is 2.11 bits per heavy atom. The summed E-state index contributed by atoms with van der Waals surface area (Å²) in [5.41, 5.74) is 0. The molecule has 0 spiro atoms. The van der Waals surface area contributed by atoms with Gasteiger partial charge in [-0.3, -0.25) is 4.79 Å². The van der Waals surface area contributed by atoms with Crippen LogP contribution in [0.25, 0.3) is 0 Å². The lowest BCUT2D eigenvalue weighted by Gasteiger charge is -2.14. The predicted molar refractivity (Wildman–Crippen MR) is 74.1 cm³/mol. The van der Waals surface area contributed by atoms with E-state index in [-0.39, 0.29) is 12.5 Å². The van der Waals surface area contributed by atoms with Gasteiger partial charge in [-0.1, -0.05) is 31.5 Å². The minimum Gasteiger partial charge on any atom is -0.484 e. The van der Waals surface area contributed by atoms with Crippen molar-refractivity contribution in [2.24, 2.45) is 5.92 Å². The first-order valence-electron chi connectivity index (χ1n) is 6.26. The molecule has 0 aliphatic carbocycles. The second-order valence-electron chi connectivity index (χ2n) is 4.16. The number of hydrogen-bond donors (Lipinski definition) is 1. The number of amides is 1. The fourth-order valence-corrected chi connectivity index (χ4v) is 1.89. The maximum absolute atomic E-state index is 11.6. The summed E-state index contributed by atoms with van der Waals surface area (Å²) in [7, 11) is 0. The number of alkyl halides is 1. The van der Waals surface area contributed by atoms with Gasteiger partial charge in [-0.05, 0) is 24.5 Å². The van der Waals surface area contributed by atoms with Crippen molar-refractivity contribution in [3.63, 3.8) is 0 Å². The van der Waals surface area contributed by atoms with Gasteiger partial charge in [0.15, 0.2) is 6.61 Å². The summed E-state index contributed by atoms with van der Waals surface area (Å²) in [5.74, 6) is 1.70. The van der Waals surface area contributed by atoms with Crippen LogP contribution < -0.4 is 10.1 Å². The highest BCUT2D eigenvalue weighted by Crippen LogP contribution is 2.09. The normalized spacial score (nSPS) is 11.9. The molecule has 0 saturated carbocycles. The van der Waals surface area contributed by atoms with E-state index in [1.807, 2.05) is 30.3 Å². The van der Waals surface area contributed by atoms with E-state index in [4.69, 9.17) is 16.3 Å². The predicted octanol–water partition coefficient (Wildman–Crippen LogP) is 2.84. The molecule has 0 aliphatic heterocycles. The first kappa shape index (κ1) is 14.8. The summed E-state index contributed by atoms with van der Waals surface area (Å²) in [6.07, 6.45) is 1.95. The molecule has 1 rings (SSSR count). The molecule has 0 radical (unpaired) electrons. The molecule has 100 valence electrons. The molecule has 1 amide bonds. The molecule has 0 aliphatic rings. The quantitative estimate of drug-likeness (QED) is 0.737. The van der Waals surface area contributed by atoms with Gasteiger partial charge in [-0.15, -0.1) is 11.6 Å². The molecule has 3 nitrogen and oxygen atoms in total. The largest absolute Gasteiger partial charge is 0.484 e. The molecule has 0 heterocycles. The third-order valence-electron chi connectivity index (χ3n) is 2.80. The SMILES string of the molecule is CCC(CCCl)CNC(=O)COc1ccccc1. The Labute approximate surface area is 113 Å². The van der Waals surface area contributed by atoms with Gasteiger partial charge in [0.25, 0.3) is 5.91 Å². The minimum absolute atomic E-state index is 0.0569. The van der Waals surface area contributed by atoms with Crippen LogP contribution in [-0.2, 0) is 4.79 Å². The number of ether oxygens (including phenoxy) is 1. The van der Waals surface area contributed by atoms with Gasteiger partial charge in [0.05, 0.1) is 0 Å². The molecule has 0 aromatic heterocycles. The molecule has 0 bridgehead atoms. The van der Waals surface area contributed by atoms with Gasteiger partial charge in [-0.2, -0.15) is 0 Å². The van der Waals surface area contributed by atoms with Crippen LogP contribution in [0.3, 0.4) is 0 Å². The number of para-hydroxylation sites is 1. The fourth-order valence-electron chi connectivity index (χ4n) is 1.58. The minimum atomic E-state index is -0.0909. The molecule has 0 saturated heterocycles. The zero-order chi connectivity index (χ0) is 13.2. The van der Waals surface area contributed by atoms with Crippen LogP contribution in [0.2, 0.25) is 0 Å². The lowest BCUT2D eigenvalue weighted by Crippen LogP contribution is -2.33. The van der Waals surface area contributed by atoms with Crippen LogP contribution in [0, 0.1) is 5.92 Å². The van der Waals surface area contributed by atoms with E-state index in [2.05, 4.69) is 12.2 Å². The van der Waals surface area contributed by atoms with E-state index in [0.717, 1.165) is 12.8 Å². The second-order valence-corrected chi connectivity index (χ2v) is 4.54. The number of halogens is 1. The molecule has 0 fully saturated rings. The number of hydrogen-bond acceptors (Lipinski definition) is 2. The third kappa shape index (κ3) is 5.92. The Kier molecular flexibility index (Phi) is 7.26. The summed E-state index contributed by atoms with van der Waals surface area (Å²) in [6.45, 7) is 2.82. The van der Waals surface area contributed by atoms with Gasteiger partial charge < -0.3 is 10.1 Å². The van der Waals surface area contributed by atoms with E-state index in [0.29, 0.717) is 24.1 Å². The number of carbonyl (C=O) groups is 1. The average Bonchev–Trinajstić information content (AvgIpc) is 2.42. The topological polar surface area (TPSA) is 38.3 Å². The van der Waals surface area contributed by atoms with Crippen LogP contribution in [0.4, 0.5) is 0 Å². The lowest BCUT2D eigenvalue weighted by molar-refractivity contribution is -0.123. The molecular weight excluding hydrogens is 250 g/mol. The van der Waals surface area contributed by atoms with Gasteiger partial charge in [0, 0.05) is 12.4 Å². The Balaban J connectivity index is 2.21. The van der Waals surface area contributed by atoms with E-state index in [1.165, 1.54) is 0 Å². The van der Waals surface area contributed by atoms with Crippen molar-refractivity contribution in [2.45, 2.75) is 19.8 Å². The van der Waals surface area contributed by atoms with Gasteiger partial charge in [0.2, 0.25) is 0 Å². The Hall–Kier alpha value is -1.22. The monoisotopic (exact) mass is 269 g/mol. The van der Waals surface area contributed by atoms with E-state index < -0.39 is 0 Å². The lowest BCUT2D eigenvalue weighted by atomic mass is 10.0.